The second kappa shape index (κ2) is 7.04. The molecule has 2 rings (SSSR count). The van der Waals surface area contributed by atoms with Gasteiger partial charge in [0.05, 0.1) is 6.61 Å². The van der Waals surface area contributed by atoms with E-state index in [1.54, 1.807) is 11.3 Å². The van der Waals surface area contributed by atoms with Crippen LogP contribution in [0.4, 0.5) is 11.9 Å². The highest BCUT2D eigenvalue weighted by molar-refractivity contribution is 7.08. The molecule has 0 spiro atoms. The van der Waals surface area contributed by atoms with E-state index in [-0.39, 0.29) is 0 Å². The number of hydrogen-bond acceptors (Lipinski definition) is 7. The number of nitrogens with one attached hydrogen (secondary N) is 2. The average Bonchev–Trinajstić information content (AvgIpc) is 2.83. The minimum atomic E-state index is 0.336. The fourth-order valence-electron chi connectivity index (χ4n) is 1.61. The molecule has 0 saturated heterocycles. The minimum Gasteiger partial charge on any atom is -0.464 e. The number of anilines is 2. The third-order valence-electron chi connectivity index (χ3n) is 2.62. The molecular weight excluding hydrogens is 274 g/mol. The second-order valence-corrected chi connectivity index (χ2v) is 4.91. The molecule has 0 saturated carbocycles. The zero-order valence-electron chi connectivity index (χ0n) is 11.9. The zero-order valence-corrected chi connectivity index (χ0v) is 12.8. The summed E-state index contributed by atoms with van der Waals surface area (Å²) in [6.07, 6.45) is 0. The Morgan fingerprint density at radius 3 is 2.45 bits per heavy atom. The first-order chi connectivity index (χ1) is 9.72. The van der Waals surface area contributed by atoms with Gasteiger partial charge in [0.1, 0.15) is 0 Å². The van der Waals surface area contributed by atoms with Crippen LogP contribution in [0.5, 0.6) is 6.01 Å². The lowest BCUT2D eigenvalue weighted by atomic mass is 10.2. The molecule has 0 amide bonds. The Balaban J connectivity index is 2.11. The summed E-state index contributed by atoms with van der Waals surface area (Å²) in [7, 11) is 0. The normalized spacial score (nSPS) is 10.3. The predicted octanol–water partition coefficient (Wildman–Crippen LogP) is 2.68. The Hall–Kier alpha value is -1.89. The van der Waals surface area contributed by atoms with Crippen LogP contribution >= 0.6 is 11.3 Å². The van der Waals surface area contributed by atoms with Crippen LogP contribution in [0.3, 0.4) is 0 Å². The molecule has 0 aromatic carbocycles. The van der Waals surface area contributed by atoms with E-state index >= 15 is 0 Å². The van der Waals surface area contributed by atoms with Crippen molar-refractivity contribution in [3.63, 3.8) is 0 Å². The van der Waals surface area contributed by atoms with Crippen LogP contribution in [0.1, 0.15) is 25.0 Å². The molecule has 2 aromatic rings. The Labute approximate surface area is 122 Å². The van der Waals surface area contributed by atoms with E-state index in [2.05, 4.69) is 43.3 Å². The molecular formula is C13H19N5OS. The lowest BCUT2D eigenvalue weighted by molar-refractivity contribution is 0.312. The van der Waals surface area contributed by atoms with E-state index in [9.17, 15) is 0 Å². The Morgan fingerprint density at radius 2 is 1.85 bits per heavy atom. The fraction of sp³-hybridized carbons (Fsp3) is 0.462. The van der Waals surface area contributed by atoms with Crippen molar-refractivity contribution in [3.8, 4) is 6.01 Å². The number of rotatable bonds is 7. The SMILES string of the molecule is CCNc1nc(NCc2cscc2C)nc(OCC)n1. The summed E-state index contributed by atoms with van der Waals surface area (Å²) < 4.78 is 5.35. The van der Waals surface area contributed by atoms with Crippen LogP contribution in [0.2, 0.25) is 0 Å². The van der Waals surface area contributed by atoms with E-state index in [1.807, 2.05) is 13.8 Å². The van der Waals surface area contributed by atoms with E-state index in [0.29, 0.717) is 31.1 Å². The zero-order chi connectivity index (χ0) is 14.4. The standard InChI is InChI=1S/C13H19N5OS/c1-4-14-11-16-12(18-13(17-11)19-5-2)15-6-10-8-20-7-9(10)3/h7-8H,4-6H2,1-3H3,(H2,14,15,16,17,18). The Kier molecular flexibility index (Phi) is 5.11. The maximum Gasteiger partial charge on any atom is 0.323 e. The molecule has 2 aromatic heterocycles. The maximum absolute atomic E-state index is 5.35. The van der Waals surface area contributed by atoms with Crippen molar-refractivity contribution in [2.45, 2.75) is 27.3 Å². The molecule has 0 atom stereocenters. The lowest BCUT2D eigenvalue weighted by Gasteiger charge is -2.09. The first-order valence-electron chi connectivity index (χ1n) is 6.61. The first-order valence-corrected chi connectivity index (χ1v) is 7.55. The van der Waals surface area contributed by atoms with Crippen LogP contribution < -0.4 is 15.4 Å². The summed E-state index contributed by atoms with van der Waals surface area (Å²) in [6.45, 7) is 7.95. The molecule has 0 aliphatic carbocycles. The number of nitrogens with zero attached hydrogens (tertiary/aromatic N) is 3. The summed E-state index contributed by atoms with van der Waals surface area (Å²) in [4.78, 5) is 12.7. The molecule has 0 unspecified atom stereocenters. The molecule has 0 radical (unpaired) electrons. The molecule has 0 aliphatic rings. The molecule has 20 heavy (non-hydrogen) atoms. The third kappa shape index (κ3) is 3.80. The summed E-state index contributed by atoms with van der Waals surface area (Å²) in [5, 5.41) is 10.5. The molecule has 0 fully saturated rings. The van der Waals surface area contributed by atoms with E-state index in [1.165, 1.54) is 11.1 Å². The van der Waals surface area contributed by atoms with Gasteiger partial charge in [-0.05, 0) is 42.7 Å². The van der Waals surface area contributed by atoms with Crippen molar-refractivity contribution in [2.75, 3.05) is 23.8 Å². The summed E-state index contributed by atoms with van der Waals surface area (Å²) in [5.41, 5.74) is 2.52. The third-order valence-corrected chi connectivity index (χ3v) is 3.53. The molecule has 108 valence electrons. The number of ether oxygens (including phenoxy) is 1. The topological polar surface area (TPSA) is 72.0 Å². The number of hydrogen-bond donors (Lipinski definition) is 2. The first kappa shape index (κ1) is 14.5. The molecule has 7 heteroatoms. The Morgan fingerprint density at radius 1 is 1.10 bits per heavy atom. The maximum atomic E-state index is 5.35. The van der Waals surface area contributed by atoms with E-state index < -0.39 is 0 Å². The van der Waals surface area contributed by atoms with Crippen molar-refractivity contribution >= 4 is 23.2 Å². The van der Waals surface area contributed by atoms with Gasteiger partial charge in [0.25, 0.3) is 0 Å². The second-order valence-electron chi connectivity index (χ2n) is 4.16. The van der Waals surface area contributed by atoms with Gasteiger partial charge in [0.2, 0.25) is 11.9 Å². The largest absolute Gasteiger partial charge is 0.464 e. The van der Waals surface area contributed by atoms with E-state index in [4.69, 9.17) is 4.74 Å². The lowest BCUT2D eigenvalue weighted by Crippen LogP contribution is -2.10. The van der Waals surface area contributed by atoms with Gasteiger partial charge in [-0.2, -0.15) is 26.3 Å². The summed E-state index contributed by atoms with van der Waals surface area (Å²) >= 11 is 1.69. The number of aromatic nitrogens is 3. The van der Waals surface area contributed by atoms with Crippen molar-refractivity contribution < 1.29 is 4.74 Å². The van der Waals surface area contributed by atoms with Gasteiger partial charge in [-0.25, -0.2) is 0 Å². The number of thiophene rings is 1. The Bertz CT molecular complexity index is 533. The molecule has 2 N–H and O–H groups in total. The summed E-state index contributed by atoms with van der Waals surface area (Å²) in [6, 6.07) is 0.336. The van der Waals surface area contributed by atoms with Crippen molar-refractivity contribution in [1.29, 1.82) is 0 Å². The molecule has 2 heterocycles. The van der Waals surface area contributed by atoms with Crippen LogP contribution in [0.15, 0.2) is 10.8 Å². The molecule has 0 aliphatic heterocycles. The molecule has 6 nitrogen and oxygen atoms in total. The highest BCUT2D eigenvalue weighted by Gasteiger charge is 2.07. The highest BCUT2D eigenvalue weighted by Crippen LogP contribution is 2.16. The van der Waals surface area contributed by atoms with Crippen LogP contribution in [-0.2, 0) is 6.54 Å². The van der Waals surface area contributed by atoms with Gasteiger partial charge < -0.3 is 15.4 Å². The van der Waals surface area contributed by atoms with Crippen molar-refractivity contribution in [1.82, 2.24) is 15.0 Å². The highest BCUT2D eigenvalue weighted by atomic mass is 32.1. The van der Waals surface area contributed by atoms with Crippen molar-refractivity contribution in [3.05, 3.63) is 21.9 Å². The average molecular weight is 293 g/mol. The van der Waals surface area contributed by atoms with Gasteiger partial charge in [-0.15, -0.1) is 0 Å². The van der Waals surface area contributed by atoms with Gasteiger partial charge in [-0.3, -0.25) is 0 Å². The summed E-state index contributed by atoms with van der Waals surface area (Å²) in [5.74, 6) is 1.04. The van der Waals surface area contributed by atoms with Gasteiger partial charge >= 0.3 is 6.01 Å². The van der Waals surface area contributed by atoms with Crippen molar-refractivity contribution in [2.24, 2.45) is 0 Å². The van der Waals surface area contributed by atoms with Gasteiger partial charge in [0.15, 0.2) is 0 Å². The number of aryl methyl sites for hydroxylation is 1. The smallest absolute Gasteiger partial charge is 0.323 e. The van der Waals surface area contributed by atoms with Crippen LogP contribution in [0, 0.1) is 6.92 Å². The molecule has 0 bridgehead atoms. The van der Waals surface area contributed by atoms with E-state index in [0.717, 1.165) is 6.54 Å². The van der Waals surface area contributed by atoms with Gasteiger partial charge in [0, 0.05) is 13.1 Å². The van der Waals surface area contributed by atoms with Gasteiger partial charge in [-0.1, -0.05) is 0 Å². The van der Waals surface area contributed by atoms with Crippen LogP contribution in [0.25, 0.3) is 0 Å². The predicted molar refractivity (Wildman–Crippen MR) is 81.5 cm³/mol. The quantitative estimate of drug-likeness (QED) is 0.818. The fourth-order valence-corrected chi connectivity index (χ4v) is 2.47. The monoisotopic (exact) mass is 293 g/mol. The van der Waals surface area contributed by atoms with Crippen LogP contribution in [-0.4, -0.2) is 28.1 Å². The minimum absolute atomic E-state index is 0.336.